The maximum Gasteiger partial charge on any atom is 0.231 e. The van der Waals surface area contributed by atoms with Gasteiger partial charge in [-0.05, 0) is 44.2 Å². The second-order valence-corrected chi connectivity index (χ2v) is 6.65. The summed E-state index contributed by atoms with van der Waals surface area (Å²) in [5.74, 6) is 2.21. The first-order valence-electron chi connectivity index (χ1n) is 7.66. The van der Waals surface area contributed by atoms with Crippen molar-refractivity contribution in [3.05, 3.63) is 52.6 Å². The average molecular weight is 342 g/mol. The molecule has 0 unspecified atom stereocenters. The van der Waals surface area contributed by atoms with E-state index in [-0.39, 0.29) is 12.4 Å². The van der Waals surface area contributed by atoms with E-state index in [1.807, 2.05) is 44.2 Å². The fourth-order valence-corrected chi connectivity index (χ4v) is 2.83. The molecular weight excluding hydrogens is 326 g/mol. The molecule has 0 N–H and O–H groups in total. The standard InChI is InChI=1S/C19H16ClNO3/c1-19(2)6-5-12-7-14(3-4-16(12)24-19)21-10-13-8-17-18(9-15(13)20)23-11-22-17/h3-10H,11H2,1-2H3. The topological polar surface area (TPSA) is 40.0 Å². The summed E-state index contributed by atoms with van der Waals surface area (Å²) in [4.78, 5) is 4.51. The van der Waals surface area contributed by atoms with Crippen LogP contribution in [0.15, 0.2) is 41.4 Å². The van der Waals surface area contributed by atoms with Crippen molar-refractivity contribution in [2.24, 2.45) is 4.99 Å². The summed E-state index contributed by atoms with van der Waals surface area (Å²) in [6, 6.07) is 9.42. The zero-order valence-electron chi connectivity index (χ0n) is 13.4. The molecule has 0 amide bonds. The molecule has 2 aliphatic rings. The molecule has 0 radical (unpaired) electrons. The van der Waals surface area contributed by atoms with Gasteiger partial charge >= 0.3 is 0 Å². The van der Waals surface area contributed by atoms with Gasteiger partial charge in [-0.15, -0.1) is 0 Å². The molecule has 2 aromatic rings. The molecule has 0 atom stereocenters. The SMILES string of the molecule is CC1(C)C=Cc2cc(N=Cc3cc4c(cc3Cl)OCO4)ccc2O1. The van der Waals surface area contributed by atoms with Crippen LogP contribution in [0.1, 0.15) is 25.0 Å². The second-order valence-electron chi connectivity index (χ2n) is 6.25. The summed E-state index contributed by atoms with van der Waals surface area (Å²) in [5, 5.41) is 0.575. The number of ether oxygens (including phenoxy) is 3. The first-order valence-corrected chi connectivity index (χ1v) is 8.03. The van der Waals surface area contributed by atoms with Crippen molar-refractivity contribution in [3.63, 3.8) is 0 Å². The summed E-state index contributed by atoms with van der Waals surface area (Å²) in [6.07, 6.45) is 5.83. The zero-order valence-corrected chi connectivity index (χ0v) is 14.1. The molecular formula is C19H16ClNO3. The Hall–Kier alpha value is -2.46. The Morgan fingerprint density at radius 1 is 1.08 bits per heavy atom. The third kappa shape index (κ3) is 2.85. The number of aliphatic imine (C=N–C) groups is 1. The molecule has 4 nitrogen and oxygen atoms in total. The van der Waals surface area contributed by atoms with E-state index in [1.165, 1.54) is 0 Å². The highest BCUT2D eigenvalue weighted by atomic mass is 35.5. The predicted molar refractivity (Wildman–Crippen MR) is 95.0 cm³/mol. The van der Waals surface area contributed by atoms with Gasteiger partial charge in [-0.25, -0.2) is 0 Å². The van der Waals surface area contributed by atoms with Crippen LogP contribution in [-0.2, 0) is 0 Å². The van der Waals surface area contributed by atoms with Crippen molar-refractivity contribution in [3.8, 4) is 17.2 Å². The van der Waals surface area contributed by atoms with E-state index in [9.17, 15) is 0 Å². The smallest absolute Gasteiger partial charge is 0.231 e. The van der Waals surface area contributed by atoms with Crippen molar-refractivity contribution in [2.45, 2.75) is 19.4 Å². The van der Waals surface area contributed by atoms with Crippen LogP contribution in [0.5, 0.6) is 17.2 Å². The van der Waals surface area contributed by atoms with E-state index >= 15 is 0 Å². The number of fused-ring (bicyclic) bond motifs is 2. The summed E-state index contributed by atoms with van der Waals surface area (Å²) in [6.45, 7) is 4.28. The largest absolute Gasteiger partial charge is 0.483 e. The first-order chi connectivity index (χ1) is 11.5. The number of benzene rings is 2. The number of nitrogens with zero attached hydrogens (tertiary/aromatic N) is 1. The van der Waals surface area contributed by atoms with Crippen LogP contribution in [0.3, 0.4) is 0 Å². The monoisotopic (exact) mass is 341 g/mol. The van der Waals surface area contributed by atoms with Gasteiger partial charge in [-0.2, -0.15) is 0 Å². The van der Waals surface area contributed by atoms with Gasteiger partial charge in [-0.1, -0.05) is 17.7 Å². The van der Waals surface area contributed by atoms with Crippen molar-refractivity contribution < 1.29 is 14.2 Å². The highest BCUT2D eigenvalue weighted by Gasteiger charge is 2.21. The summed E-state index contributed by atoms with van der Waals surface area (Å²) in [5.41, 5.74) is 2.35. The Morgan fingerprint density at radius 3 is 2.71 bits per heavy atom. The van der Waals surface area contributed by atoms with E-state index < -0.39 is 0 Å². The average Bonchev–Trinajstić information content (AvgIpc) is 2.99. The lowest BCUT2D eigenvalue weighted by molar-refractivity contribution is 0.159. The highest BCUT2D eigenvalue weighted by Crippen LogP contribution is 2.37. The van der Waals surface area contributed by atoms with Crippen molar-refractivity contribution >= 4 is 29.6 Å². The minimum absolute atomic E-state index is 0.222. The maximum atomic E-state index is 6.26. The molecule has 0 spiro atoms. The minimum atomic E-state index is -0.280. The van der Waals surface area contributed by atoms with Crippen molar-refractivity contribution in [1.82, 2.24) is 0 Å². The van der Waals surface area contributed by atoms with Crippen LogP contribution < -0.4 is 14.2 Å². The van der Waals surface area contributed by atoms with Crippen molar-refractivity contribution in [1.29, 1.82) is 0 Å². The van der Waals surface area contributed by atoms with Gasteiger partial charge < -0.3 is 14.2 Å². The van der Waals surface area contributed by atoms with Crippen LogP contribution in [0.2, 0.25) is 5.02 Å². The normalized spacial score (nSPS) is 17.0. The quantitative estimate of drug-likeness (QED) is 0.721. The number of halogens is 1. The third-order valence-corrected chi connectivity index (χ3v) is 4.20. The molecule has 0 aliphatic carbocycles. The molecule has 0 saturated heterocycles. The summed E-state index contributed by atoms with van der Waals surface area (Å²) in [7, 11) is 0. The lowest BCUT2D eigenvalue weighted by atomic mass is 10.0. The lowest BCUT2D eigenvalue weighted by Gasteiger charge is -2.27. The highest BCUT2D eigenvalue weighted by molar-refractivity contribution is 6.33. The minimum Gasteiger partial charge on any atom is -0.483 e. The summed E-state index contributed by atoms with van der Waals surface area (Å²) >= 11 is 6.26. The van der Waals surface area contributed by atoms with Gasteiger partial charge in [0, 0.05) is 23.4 Å². The molecule has 0 aromatic heterocycles. The van der Waals surface area contributed by atoms with E-state index in [4.69, 9.17) is 25.8 Å². The molecule has 24 heavy (non-hydrogen) atoms. The molecule has 0 saturated carbocycles. The van der Waals surface area contributed by atoms with Gasteiger partial charge in [0.25, 0.3) is 0 Å². The Balaban J connectivity index is 1.61. The molecule has 2 heterocycles. The van der Waals surface area contributed by atoms with E-state index in [0.29, 0.717) is 16.5 Å². The lowest BCUT2D eigenvalue weighted by Crippen LogP contribution is -2.27. The Kier molecular flexibility index (Phi) is 3.50. The molecule has 122 valence electrons. The maximum absolute atomic E-state index is 6.26. The van der Waals surface area contributed by atoms with Gasteiger partial charge in [0.2, 0.25) is 6.79 Å². The van der Waals surface area contributed by atoms with Crippen LogP contribution in [0.4, 0.5) is 5.69 Å². The fourth-order valence-electron chi connectivity index (χ4n) is 2.62. The van der Waals surface area contributed by atoms with E-state index in [0.717, 1.165) is 22.6 Å². The molecule has 0 bridgehead atoms. The molecule has 2 aliphatic heterocycles. The summed E-state index contributed by atoms with van der Waals surface area (Å²) < 4.78 is 16.6. The number of hydrogen-bond donors (Lipinski definition) is 0. The number of hydrogen-bond acceptors (Lipinski definition) is 4. The Bertz CT molecular complexity index is 871. The van der Waals surface area contributed by atoms with Gasteiger partial charge in [0.1, 0.15) is 11.4 Å². The van der Waals surface area contributed by atoms with E-state index in [2.05, 4.69) is 11.1 Å². The van der Waals surface area contributed by atoms with Gasteiger partial charge in [0.15, 0.2) is 11.5 Å². The second kappa shape index (κ2) is 5.56. The Morgan fingerprint density at radius 2 is 1.88 bits per heavy atom. The zero-order chi connectivity index (χ0) is 16.7. The fraction of sp³-hybridized carbons (Fsp3) is 0.211. The van der Waals surface area contributed by atoms with Gasteiger partial charge in [0.05, 0.1) is 10.7 Å². The van der Waals surface area contributed by atoms with Gasteiger partial charge in [-0.3, -0.25) is 4.99 Å². The third-order valence-electron chi connectivity index (χ3n) is 3.88. The number of rotatable bonds is 2. The molecule has 5 heteroatoms. The molecule has 0 fully saturated rings. The van der Waals surface area contributed by atoms with Crippen LogP contribution in [0, 0.1) is 0 Å². The van der Waals surface area contributed by atoms with Crippen LogP contribution >= 0.6 is 11.6 Å². The first kappa shape index (κ1) is 15.1. The van der Waals surface area contributed by atoms with E-state index in [1.54, 1.807) is 12.3 Å². The van der Waals surface area contributed by atoms with Crippen molar-refractivity contribution in [2.75, 3.05) is 6.79 Å². The van der Waals surface area contributed by atoms with Crippen LogP contribution in [0.25, 0.3) is 6.08 Å². The Labute approximate surface area is 145 Å². The molecule has 4 rings (SSSR count). The molecule has 2 aromatic carbocycles. The predicted octanol–water partition coefficient (Wildman–Crippen LogP) is 5.00. The van der Waals surface area contributed by atoms with Crippen LogP contribution in [-0.4, -0.2) is 18.6 Å².